The molecule has 0 fully saturated rings. The number of rotatable bonds is 5. The second kappa shape index (κ2) is 6.70. The minimum atomic E-state index is -0.394. The van der Waals surface area contributed by atoms with Crippen molar-refractivity contribution in [3.63, 3.8) is 0 Å². The molecule has 0 heterocycles. The van der Waals surface area contributed by atoms with Crippen molar-refractivity contribution < 1.29 is 19.4 Å². The van der Waals surface area contributed by atoms with Gasteiger partial charge in [0.25, 0.3) is 0 Å². The average Bonchev–Trinajstić information content (AvgIpc) is 2.38. The molecule has 0 aliphatic carbocycles. The van der Waals surface area contributed by atoms with Crippen LogP contribution in [0.15, 0.2) is 24.3 Å². The highest BCUT2D eigenvalue weighted by Gasteiger charge is 2.08. The highest BCUT2D eigenvalue weighted by atomic mass is 16.5. The van der Waals surface area contributed by atoms with Gasteiger partial charge < -0.3 is 14.6 Å². The van der Waals surface area contributed by atoms with Crippen LogP contribution in [0.5, 0.6) is 5.75 Å². The van der Waals surface area contributed by atoms with Crippen molar-refractivity contribution in [1.29, 1.82) is 0 Å². The summed E-state index contributed by atoms with van der Waals surface area (Å²) in [5.41, 5.74) is 1.30. The second-order valence-corrected chi connectivity index (χ2v) is 3.36. The summed E-state index contributed by atoms with van der Waals surface area (Å²) in [6.45, 7) is 0.110. The van der Waals surface area contributed by atoms with Crippen LogP contribution in [-0.4, -0.2) is 31.9 Å². The molecule has 0 aliphatic heterocycles. The van der Waals surface area contributed by atoms with Crippen LogP contribution in [-0.2, 0) is 4.74 Å². The first-order chi connectivity index (χ1) is 8.22. The molecule has 0 saturated heterocycles. The minimum Gasteiger partial charge on any atom is -0.496 e. The summed E-state index contributed by atoms with van der Waals surface area (Å²) in [5.74, 6) is 0.205. The van der Waals surface area contributed by atoms with E-state index in [1.165, 1.54) is 7.11 Å². The van der Waals surface area contributed by atoms with Crippen molar-refractivity contribution in [2.24, 2.45) is 0 Å². The largest absolute Gasteiger partial charge is 0.496 e. The molecule has 4 nitrogen and oxygen atoms in total. The first-order valence-electron chi connectivity index (χ1n) is 5.26. The van der Waals surface area contributed by atoms with Gasteiger partial charge in [0, 0.05) is 12.2 Å². The molecule has 0 saturated carbocycles. The van der Waals surface area contributed by atoms with Gasteiger partial charge in [-0.1, -0.05) is 18.2 Å². The molecule has 0 unspecified atom stereocenters. The monoisotopic (exact) mass is 236 g/mol. The predicted octanol–water partition coefficient (Wildman–Crippen LogP) is 1.88. The maximum atomic E-state index is 11.3. The Kier molecular flexibility index (Phi) is 5.23. The molecule has 0 amide bonds. The lowest BCUT2D eigenvalue weighted by molar-refractivity contribution is 0.0600. The third-order valence-electron chi connectivity index (χ3n) is 2.25. The van der Waals surface area contributed by atoms with Crippen LogP contribution >= 0.6 is 0 Å². The molecule has 0 aliphatic rings. The van der Waals surface area contributed by atoms with Crippen molar-refractivity contribution in [3.05, 3.63) is 35.4 Å². The van der Waals surface area contributed by atoms with Gasteiger partial charge in [-0.15, -0.1) is 0 Å². The van der Waals surface area contributed by atoms with Crippen LogP contribution in [0.3, 0.4) is 0 Å². The molecule has 0 aromatic heterocycles. The Balaban J connectivity index is 2.97. The number of benzene rings is 1. The smallest absolute Gasteiger partial charge is 0.337 e. The molecule has 1 N–H and O–H groups in total. The Morgan fingerprint density at radius 3 is 2.76 bits per heavy atom. The van der Waals surface area contributed by atoms with Crippen molar-refractivity contribution in [1.82, 2.24) is 0 Å². The number of hydrogen-bond acceptors (Lipinski definition) is 4. The third kappa shape index (κ3) is 3.60. The lowest BCUT2D eigenvalue weighted by Gasteiger charge is -2.06. The van der Waals surface area contributed by atoms with Gasteiger partial charge in [0.1, 0.15) is 5.75 Å². The van der Waals surface area contributed by atoms with E-state index in [1.807, 2.05) is 12.2 Å². The normalized spacial score (nSPS) is 10.5. The third-order valence-corrected chi connectivity index (χ3v) is 2.25. The van der Waals surface area contributed by atoms with E-state index in [1.54, 1.807) is 25.3 Å². The zero-order valence-corrected chi connectivity index (χ0v) is 9.97. The van der Waals surface area contributed by atoms with Gasteiger partial charge in [0.15, 0.2) is 0 Å². The highest BCUT2D eigenvalue weighted by molar-refractivity contribution is 5.90. The molecule has 92 valence electrons. The van der Waals surface area contributed by atoms with Crippen molar-refractivity contribution in [3.8, 4) is 5.75 Å². The standard InChI is InChI=1S/C13H16O4/c1-16-12-9-11(13(15)17-2)7-6-10(12)5-3-4-8-14/h3,5-7,9,14H,4,8H2,1-2H3. The fourth-order valence-electron chi connectivity index (χ4n) is 1.38. The van der Waals surface area contributed by atoms with Crippen LogP contribution in [0, 0.1) is 0 Å². The number of ether oxygens (including phenoxy) is 2. The maximum absolute atomic E-state index is 11.3. The Morgan fingerprint density at radius 2 is 2.18 bits per heavy atom. The number of methoxy groups -OCH3 is 2. The topological polar surface area (TPSA) is 55.8 Å². The molecular weight excluding hydrogens is 220 g/mol. The molecule has 17 heavy (non-hydrogen) atoms. The van der Waals surface area contributed by atoms with Crippen LogP contribution in [0.25, 0.3) is 6.08 Å². The van der Waals surface area contributed by atoms with E-state index in [0.717, 1.165) is 5.56 Å². The molecular formula is C13H16O4. The molecule has 4 heteroatoms. The van der Waals surface area contributed by atoms with Gasteiger partial charge in [0.2, 0.25) is 0 Å². The highest BCUT2D eigenvalue weighted by Crippen LogP contribution is 2.22. The first-order valence-corrected chi connectivity index (χ1v) is 5.26. The lowest BCUT2D eigenvalue weighted by atomic mass is 10.1. The zero-order chi connectivity index (χ0) is 12.7. The van der Waals surface area contributed by atoms with Crippen molar-refractivity contribution >= 4 is 12.0 Å². The van der Waals surface area contributed by atoms with Gasteiger partial charge in [-0.25, -0.2) is 4.79 Å². The molecule has 1 rings (SSSR count). The predicted molar refractivity (Wildman–Crippen MR) is 65.1 cm³/mol. The van der Waals surface area contributed by atoms with Crippen LogP contribution in [0.4, 0.5) is 0 Å². The molecule has 0 atom stereocenters. The molecule has 1 aromatic carbocycles. The molecule has 0 spiro atoms. The van der Waals surface area contributed by atoms with Gasteiger partial charge in [-0.2, -0.15) is 0 Å². The summed E-state index contributed by atoms with van der Waals surface area (Å²) >= 11 is 0. The zero-order valence-electron chi connectivity index (χ0n) is 9.97. The van der Waals surface area contributed by atoms with E-state index < -0.39 is 5.97 Å². The van der Waals surface area contributed by atoms with Gasteiger partial charge >= 0.3 is 5.97 Å². The first kappa shape index (κ1) is 13.3. The number of carbonyl (C=O) groups excluding carboxylic acids is 1. The molecule has 1 aromatic rings. The van der Waals surface area contributed by atoms with Crippen LogP contribution in [0.1, 0.15) is 22.3 Å². The van der Waals surface area contributed by atoms with Crippen molar-refractivity contribution in [2.75, 3.05) is 20.8 Å². The average molecular weight is 236 g/mol. The van der Waals surface area contributed by atoms with Gasteiger partial charge in [0.05, 0.1) is 19.8 Å². The fraction of sp³-hybridized carbons (Fsp3) is 0.308. The van der Waals surface area contributed by atoms with E-state index in [0.29, 0.717) is 17.7 Å². The van der Waals surface area contributed by atoms with Crippen LogP contribution < -0.4 is 4.74 Å². The van der Waals surface area contributed by atoms with E-state index in [9.17, 15) is 4.79 Å². The van der Waals surface area contributed by atoms with Gasteiger partial charge in [-0.05, 0) is 18.6 Å². The quantitative estimate of drug-likeness (QED) is 0.793. The Bertz CT molecular complexity index is 410. The van der Waals surface area contributed by atoms with Crippen LogP contribution in [0.2, 0.25) is 0 Å². The second-order valence-electron chi connectivity index (χ2n) is 3.36. The summed E-state index contributed by atoms with van der Waals surface area (Å²) in [6, 6.07) is 5.08. The summed E-state index contributed by atoms with van der Waals surface area (Å²) in [4.78, 5) is 11.3. The molecule has 0 bridgehead atoms. The van der Waals surface area contributed by atoms with E-state index >= 15 is 0 Å². The number of aliphatic hydroxyl groups is 1. The van der Waals surface area contributed by atoms with E-state index in [2.05, 4.69) is 4.74 Å². The number of hydrogen-bond donors (Lipinski definition) is 1. The minimum absolute atomic E-state index is 0.110. The fourth-order valence-corrected chi connectivity index (χ4v) is 1.38. The number of carbonyl (C=O) groups is 1. The van der Waals surface area contributed by atoms with Crippen molar-refractivity contribution in [2.45, 2.75) is 6.42 Å². The number of aliphatic hydroxyl groups excluding tert-OH is 1. The summed E-state index contributed by atoms with van der Waals surface area (Å²) in [7, 11) is 2.88. The SMILES string of the molecule is COC(=O)c1ccc(C=CCCO)c(OC)c1. The summed E-state index contributed by atoms with van der Waals surface area (Å²) in [5, 5.41) is 8.68. The Hall–Kier alpha value is -1.81. The Morgan fingerprint density at radius 1 is 1.41 bits per heavy atom. The lowest BCUT2D eigenvalue weighted by Crippen LogP contribution is -2.01. The number of esters is 1. The van der Waals surface area contributed by atoms with E-state index in [4.69, 9.17) is 9.84 Å². The maximum Gasteiger partial charge on any atom is 0.337 e. The van der Waals surface area contributed by atoms with E-state index in [-0.39, 0.29) is 6.61 Å². The van der Waals surface area contributed by atoms with Gasteiger partial charge in [-0.3, -0.25) is 0 Å². The summed E-state index contributed by atoms with van der Waals surface area (Å²) < 4.78 is 9.82. The molecule has 0 radical (unpaired) electrons. The summed E-state index contributed by atoms with van der Waals surface area (Å²) in [6.07, 6.45) is 4.27. The Labute approximate surface area is 100 Å².